The van der Waals surface area contributed by atoms with Crippen LogP contribution in [0.3, 0.4) is 0 Å². The lowest BCUT2D eigenvalue weighted by atomic mass is 10.1. The maximum Gasteiger partial charge on any atom is 0.132 e. The van der Waals surface area contributed by atoms with Gasteiger partial charge in [-0.2, -0.15) is 0 Å². The van der Waals surface area contributed by atoms with Gasteiger partial charge in [-0.25, -0.2) is 8.78 Å². The average molecular weight is 258 g/mol. The van der Waals surface area contributed by atoms with Crippen LogP contribution >= 0.6 is 0 Å². The van der Waals surface area contributed by atoms with Crippen LogP contribution < -0.4 is 9.80 Å². The minimum atomic E-state index is -0.379. The largest absolute Gasteiger partial charge is 0.391 e. The van der Waals surface area contributed by atoms with Crippen molar-refractivity contribution in [3.05, 3.63) is 35.4 Å². The lowest BCUT2D eigenvalue weighted by molar-refractivity contribution is -1.02. The Kier molecular flexibility index (Phi) is 4.63. The minimum Gasteiger partial charge on any atom is -0.391 e. The number of piperazine rings is 1. The molecule has 0 bridgehead atoms. The predicted molar refractivity (Wildman–Crippen MR) is 63.4 cm³/mol. The first kappa shape index (κ1) is 13.4. The molecule has 0 aromatic heterocycles. The van der Waals surface area contributed by atoms with Gasteiger partial charge in [-0.3, -0.25) is 0 Å². The third kappa shape index (κ3) is 3.48. The van der Waals surface area contributed by atoms with Crippen LogP contribution in [-0.4, -0.2) is 44.4 Å². The van der Waals surface area contributed by atoms with E-state index in [2.05, 4.69) is 0 Å². The predicted octanol–water partition coefficient (Wildman–Crippen LogP) is -1.76. The monoisotopic (exact) mass is 258 g/mol. The van der Waals surface area contributed by atoms with Crippen LogP contribution in [0.4, 0.5) is 8.78 Å². The average Bonchev–Trinajstić information content (AvgIpc) is 2.37. The topological polar surface area (TPSA) is 29.1 Å². The molecule has 1 aromatic carbocycles. The second kappa shape index (κ2) is 6.22. The molecule has 2 rings (SSSR count). The molecule has 1 saturated heterocycles. The maximum absolute atomic E-state index is 13.5. The van der Waals surface area contributed by atoms with E-state index in [1.807, 2.05) is 0 Å². The zero-order valence-corrected chi connectivity index (χ0v) is 10.4. The molecule has 0 aliphatic carbocycles. The van der Waals surface area contributed by atoms with E-state index < -0.39 is 0 Å². The van der Waals surface area contributed by atoms with E-state index in [0.29, 0.717) is 12.1 Å². The number of aliphatic hydroxyl groups is 1. The highest BCUT2D eigenvalue weighted by Gasteiger charge is 2.23. The first-order valence-corrected chi connectivity index (χ1v) is 6.41. The summed E-state index contributed by atoms with van der Waals surface area (Å²) in [6.45, 7) is 5.36. The highest BCUT2D eigenvalue weighted by Crippen LogP contribution is 2.08. The van der Waals surface area contributed by atoms with Crippen molar-refractivity contribution in [3.63, 3.8) is 0 Å². The molecule has 5 heteroatoms. The van der Waals surface area contributed by atoms with E-state index in [4.69, 9.17) is 5.11 Å². The van der Waals surface area contributed by atoms with Gasteiger partial charge in [0.05, 0.1) is 6.61 Å². The van der Waals surface area contributed by atoms with Gasteiger partial charge in [0.1, 0.15) is 50.9 Å². The Morgan fingerprint density at radius 3 is 2.39 bits per heavy atom. The van der Waals surface area contributed by atoms with Crippen molar-refractivity contribution < 1.29 is 23.7 Å². The number of rotatable bonds is 4. The van der Waals surface area contributed by atoms with Crippen molar-refractivity contribution in [2.24, 2.45) is 0 Å². The summed E-state index contributed by atoms with van der Waals surface area (Å²) in [5.74, 6) is -0.704. The molecule has 1 aromatic rings. The SMILES string of the molecule is OCC[NH+]1CC[NH+](Cc2cc(F)ccc2F)CC1. The minimum absolute atomic E-state index is 0.211. The summed E-state index contributed by atoms with van der Waals surface area (Å²) >= 11 is 0. The van der Waals surface area contributed by atoms with Gasteiger partial charge in [0.15, 0.2) is 0 Å². The quantitative estimate of drug-likeness (QED) is 0.587. The van der Waals surface area contributed by atoms with Crippen molar-refractivity contribution >= 4 is 0 Å². The number of hydrogen-bond donors (Lipinski definition) is 3. The molecule has 18 heavy (non-hydrogen) atoms. The van der Waals surface area contributed by atoms with Gasteiger partial charge < -0.3 is 14.9 Å². The Morgan fingerprint density at radius 2 is 1.72 bits per heavy atom. The molecule has 0 spiro atoms. The van der Waals surface area contributed by atoms with Crippen molar-refractivity contribution in [1.29, 1.82) is 0 Å². The van der Waals surface area contributed by atoms with Gasteiger partial charge in [0.25, 0.3) is 0 Å². The van der Waals surface area contributed by atoms with Gasteiger partial charge >= 0.3 is 0 Å². The molecule has 1 aliphatic rings. The molecule has 3 N–H and O–H groups in total. The first-order chi connectivity index (χ1) is 8.69. The van der Waals surface area contributed by atoms with Crippen molar-refractivity contribution in [2.45, 2.75) is 6.54 Å². The number of hydrogen-bond acceptors (Lipinski definition) is 1. The summed E-state index contributed by atoms with van der Waals surface area (Å²) in [7, 11) is 0. The van der Waals surface area contributed by atoms with Gasteiger partial charge in [0, 0.05) is 5.56 Å². The number of aliphatic hydroxyl groups excluding tert-OH is 1. The van der Waals surface area contributed by atoms with Gasteiger partial charge in [-0.1, -0.05) is 0 Å². The maximum atomic E-state index is 13.5. The lowest BCUT2D eigenvalue weighted by Crippen LogP contribution is -3.27. The normalized spacial score (nSPS) is 24.2. The van der Waals surface area contributed by atoms with Crippen LogP contribution in [0.5, 0.6) is 0 Å². The third-order valence-electron chi connectivity index (χ3n) is 3.58. The number of nitrogens with one attached hydrogen (secondary N) is 2. The van der Waals surface area contributed by atoms with E-state index in [-0.39, 0.29) is 18.2 Å². The molecule has 1 heterocycles. The number of halogens is 2. The van der Waals surface area contributed by atoms with Crippen LogP contribution in [0.2, 0.25) is 0 Å². The standard InChI is InChI=1S/C13H18F2N2O/c14-12-1-2-13(15)11(9-12)10-17-5-3-16(4-6-17)7-8-18/h1-2,9,18H,3-8,10H2/p+2. The molecule has 1 fully saturated rings. The smallest absolute Gasteiger partial charge is 0.132 e. The summed E-state index contributed by atoms with van der Waals surface area (Å²) < 4.78 is 26.6. The fourth-order valence-corrected chi connectivity index (χ4v) is 2.49. The molecular formula is C13H20F2N2O+2. The Hall–Kier alpha value is -1.04. The van der Waals surface area contributed by atoms with E-state index in [9.17, 15) is 8.78 Å². The number of quaternary nitrogens is 2. The molecule has 100 valence electrons. The zero-order chi connectivity index (χ0) is 13.0. The van der Waals surface area contributed by atoms with Crippen LogP contribution in [0.15, 0.2) is 18.2 Å². The molecule has 0 unspecified atom stereocenters. The first-order valence-electron chi connectivity index (χ1n) is 6.41. The van der Waals surface area contributed by atoms with E-state index in [1.165, 1.54) is 21.9 Å². The van der Waals surface area contributed by atoms with Crippen LogP contribution in [0.1, 0.15) is 5.56 Å². The highest BCUT2D eigenvalue weighted by atomic mass is 19.1. The Morgan fingerprint density at radius 1 is 1.06 bits per heavy atom. The Bertz CT molecular complexity index is 393. The van der Waals surface area contributed by atoms with Crippen LogP contribution in [-0.2, 0) is 6.54 Å². The zero-order valence-electron chi connectivity index (χ0n) is 10.4. The molecule has 1 aliphatic heterocycles. The van der Waals surface area contributed by atoms with Gasteiger partial charge in [-0.15, -0.1) is 0 Å². The lowest BCUT2D eigenvalue weighted by Gasteiger charge is -2.29. The Balaban J connectivity index is 1.89. The fourth-order valence-electron chi connectivity index (χ4n) is 2.49. The second-order valence-electron chi connectivity index (χ2n) is 4.89. The van der Waals surface area contributed by atoms with Gasteiger partial charge in [-0.05, 0) is 18.2 Å². The summed E-state index contributed by atoms with van der Waals surface area (Å²) in [6, 6.07) is 3.63. The molecule has 0 radical (unpaired) electrons. The fraction of sp³-hybridized carbons (Fsp3) is 0.538. The molecule has 0 atom stereocenters. The highest BCUT2D eigenvalue weighted by molar-refractivity contribution is 5.17. The molecule has 0 amide bonds. The summed E-state index contributed by atoms with van der Waals surface area (Å²) in [4.78, 5) is 2.67. The van der Waals surface area contributed by atoms with E-state index in [0.717, 1.165) is 38.8 Å². The summed E-state index contributed by atoms with van der Waals surface area (Å²) in [5.41, 5.74) is 0.454. The molecule has 3 nitrogen and oxygen atoms in total. The second-order valence-corrected chi connectivity index (χ2v) is 4.89. The van der Waals surface area contributed by atoms with E-state index >= 15 is 0 Å². The van der Waals surface area contributed by atoms with Crippen molar-refractivity contribution in [1.82, 2.24) is 0 Å². The number of benzene rings is 1. The van der Waals surface area contributed by atoms with E-state index in [1.54, 1.807) is 0 Å². The Labute approximate surface area is 106 Å². The van der Waals surface area contributed by atoms with Crippen molar-refractivity contribution in [2.75, 3.05) is 39.3 Å². The molecule has 0 saturated carbocycles. The van der Waals surface area contributed by atoms with Gasteiger partial charge in [0.2, 0.25) is 0 Å². The van der Waals surface area contributed by atoms with Crippen LogP contribution in [0.25, 0.3) is 0 Å². The summed E-state index contributed by atoms with van der Waals surface area (Å²) in [6.07, 6.45) is 0. The van der Waals surface area contributed by atoms with Crippen LogP contribution in [0, 0.1) is 11.6 Å². The summed E-state index contributed by atoms with van der Waals surface area (Å²) in [5, 5.41) is 8.87. The third-order valence-corrected chi connectivity index (χ3v) is 3.58. The van der Waals surface area contributed by atoms with Crippen molar-refractivity contribution in [3.8, 4) is 0 Å². The molecular weight excluding hydrogens is 238 g/mol.